The van der Waals surface area contributed by atoms with E-state index in [1.165, 1.54) is 0 Å². The van der Waals surface area contributed by atoms with E-state index in [1.807, 2.05) is 37.4 Å². The van der Waals surface area contributed by atoms with Crippen molar-refractivity contribution in [2.75, 3.05) is 48.2 Å². The van der Waals surface area contributed by atoms with Crippen molar-refractivity contribution in [1.29, 1.82) is 0 Å². The molecule has 0 bridgehead atoms. The van der Waals surface area contributed by atoms with Crippen LogP contribution in [0.3, 0.4) is 0 Å². The van der Waals surface area contributed by atoms with Gasteiger partial charge < -0.3 is 33.3 Å². The third-order valence-electron chi connectivity index (χ3n) is 9.14. The molecular weight excluding hydrogens is 600 g/mol. The Morgan fingerprint density at radius 3 is 2.36 bits per heavy atom. The summed E-state index contributed by atoms with van der Waals surface area (Å²) in [4.78, 5) is 28.4. The maximum Gasteiger partial charge on any atom is 0.254 e. The third-order valence-corrected chi connectivity index (χ3v) is 9.14. The fraction of sp³-hybridized carbons (Fsp3) is 0.297. The van der Waals surface area contributed by atoms with Crippen LogP contribution >= 0.6 is 0 Å². The van der Waals surface area contributed by atoms with Crippen LogP contribution in [0.5, 0.6) is 46.0 Å². The Labute approximate surface area is 273 Å². The van der Waals surface area contributed by atoms with E-state index >= 15 is 0 Å². The van der Waals surface area contributed by atoms with Crippen LogP contribution in [0.1, 0.15) is 49.0 Å². The van der Waals surface area contributed by atoms with Crippen molar-refractivity contribution in [3.05, 3.63) is 94.0 Å². The van der Waals surface area contributed by atoms with Gasteiger partial charge in [-0.25, -0.2) is 0 Å². The molecule has 0 aliphatic carbocycles. The van der Waals surface area contributed by atoms with Crippen molar-refractivity contribution >= 4 is 12.2 Å². The van der Waals surface area contributed by atoms with Gasteiger partial charge in [0.05, 0.1) is 14.2 Å². The number of fused-ring (bicyclic) bond motifs is 3. The van der Waals surface area contributed by atoms with Crippen molar-refractivity contribution in [2.45, 2.75) is 25.3 Å². The second kappa shape index (κ2) is 12.5. The third kappa shape index (κ3) is 5.69. The van der Waals surface area contributed by atoms with Crippen molar-refractivity contribution in [1.82, 2.24) is 9.80 Å². The monoisotopic (exact) mass is 636 g/mol. The van der Waals surface area contributed by atoms with E-state index in [-0.39, 0.29) is 18.7 Å². The van der Waals surface area contributed by atoms with Gasteiger partial charge in [-0.15, -0.1) is 0 Å². The normalized spacial score (nSPS) is 16.7. The first-order chi connectivity index (χ1) is 22.9. The number of carbonyl (C=O) groups is 2. The van der Waals surface area contributed by atoms with Gasteiger partial charge >= 0.3 is 0 Å². The molecular formula is C37H36N2O8. The Morgan fingerprint density at radius 2 is 1.60 bits per heavy atom. The highest BCUT2D eigenvalue weighted by Crippen LogP contribution is 2.52. The van der Waals surface area contributed by atoms with Crippen LogP contribution in [0, 0.1) is 0 Å². The van der Waals surface area contributed by atoms with Crippen LogP contribution < -0.4 is 28.4 Å². The number of hydrogen-bond acceptors (Lipinski definition) is 9. The summed E-state index contributed by atoms with van der Waals surface area (Å²) in [6, 6.07) is 18.7. The molecule has 1 amide bonds. The molecule has 3 heterocycles. The summed E-state index contributed by atoms with van der Waals surface area (Å²) in [6.07, 6.45) is 3.03. The number of methoxy groups -OCH3 is 2. The molecule has 242 valence electrons. The lowest BCUT2D eigenvalue weighted by Crippen LogP contribution is -2.34. The standard InChI is InChI=1S/C37H36N2O8/c1-38-13-12-25-18-33-35(45-21-44-33)36(47-32-19-27-24(17-30(32)43-4)11-14-39(2)37(27)41)34(25)28(38)15-22-5-8-26(9-6-22)46-31-16-23(20-40)7-10-29(31)42-3/h5-10,16-20,28H,11-15,21H2,1-4H3/t28-/m0/s1. The molecule has 0 N–H and O–H groups in total. The van der Waals surface area contributed by atoms with Gasteiger partial charge in [-0.3, -0.25) is 14.5 Å². The number of likely N-dealkylation sites (N-methyl/N-ethyl adjacent to an activating group) is 2. The second-order valence-corrected chi connectivity index (χ2v) is 12.0. The zero-order valence-corrected chi connectivity index (χ0v) is 26.8. The fourth-order valence-electron chi connectivity index (χ4n) is 6.52. The predicted molar refractivity (Wildman–Crippen MR) is 174 cm³/mol. The molecule has 0 spiro atoms. The van der Waals surface area contributed by atoms with E-state index in [0.717, 1.165) is 47.9 Å². The molecule has 0 saturated heterocycles. The van der Waals surface area contributed by atoms with Crippen molar-refractivity contribution in [3.63, 3.8) is 0 Å². The predicted octanol–water partition coefficient (Wildman–Crippen LogP) is 6.23. The zero-order chi connectivity index (χ0) is 32.7. The van der Waals surface area contributed by atoms with E-state index < -0.39 is 0 Å². The van der Waals surface area contributed by atoms with E-state index in [9.17, 15) is 9.59 Å². The van der Waals surface area contributed by atoms with E-state index in [4.69, 9.17) is 28.4 Å². The van der Waals surface area contributed by atoms with Gasteiger partial charge in [0.2, 0.25) is 12.5 Å². The first-order valence-electron chi connectivity index (χ1n) is 15.6. The molecule has 47 heavy (non-hydrogen) atoms. The maximum atomic E-state index is 13.1. The van der Waals surface area contributed by atoms with Crippen LogP contribution in [0.15, 0.2) is 60.7 Å². The minimum atomic E-state index is -0.0456. The highest BCUT2D eigenvalue weighted by Gasteiger charge is 2.35. The summed E-state index contributed by atoms with van der Waals surface area (Å²) in [5.74, 6) is 4.35. The van der Waals surface area contributed by atoms with Crippen LogP contribution in [-0.4, -0.2) is 70.2 Å². The Bertz CT molecular complexity index is 1850. The molecule has 7 rings (SSSR count). The highest BCUT2D eigenvalue weighted by molar-refractivity contribution is 5.97. The number of aldehydes is 1. The van der Waals surface area contributed by atoms with Gasteiger partial charge in [0, 0.05) is 42.9 Å². The summed E-state index contributed by atoms with van der Waals surface area (Å²) >= 11 is 0. The quantitative estimate of drug-likeness (QED) is 0.198. The molecule has 10 heteroatoms. The molecule has 10 nitrogen and oxygen atoms in total. The number of amides is 1. The molecule has 0 fully saturated rings. The lowest BCUT2D eigenvalue weighted by atomic mass is 9.87. The molecule has 4 aromatic carbocycles. The molecule has 3 aliphatic rings. The fourth-order valence-corrected chi connectivity index (χ4v) is 6.52. The number of hydrogen-bond donors (Lipinski definition) is 0. The molecule has 0 aromatic heterocycles. The maximum absolute atomic E-state index is 13.1. The van der Waals surface area contributed by atoms with E-state index in [1.54, 1.807) is 43.4 Å². The molecule has 0 radical (unpaired) electrons. The largest absolute Gasteiger partial charge is 0.493 e. The van der Waals surface area contributed by atoms with Crippen molar-refractivity contribution < 1.29 is 38.0 Å². The van der Waals surface area contributed by atoms with Gasteiger partial charge in [-0.2, -0.15) is 0 Å². The summed E-state index contributed by atoms with van der Waals surface area (Å²) in [5.41, 5.74) is 5.29. The Balaban J connectivity index is 1.22. The SMILES string of the molecule is COc1ccc(C=O)cc1Oc1ccc(C[C@H]2c3c(cc4c(c3Oc3cc5c(cc3OC)CCN(C)C5=O)OCO4)CCN2C)cc1. The number of nitrogens with zero attached hydrogens (tertiary/aromatic N) is 2. The van der Waals surface area contributed by atoms with Gasteiger partial charge in [0.25, 0.3) is 5.91 Å². The summed E-state index contributed by atoms with van der Waals surface area (Å²) < 4.78 is 35.9. The summed E-state index contributed by atoms with van der Waals surface area (Å²) in [6.45, 7) is 1.61. The highest BCUT2D eigenvalue weighted by atomic mass is 16.7. The molecule has 4 aromatic rings. The summed E-state index contributed by atoms with van der Waals surface area (Å²) in [7, 11) is 7.09. The van der Waals surface area contributed by atoms with Crippen LogP contribution in [-0.2, 0) is 19.3 Å². The molecule has 0 saturated carbocycles. The number of benzene rings is 4. The minimum Gasteiger partial charge on any atom is -0.493 e. The Morgan fingerprint density at radius 1 is 0.830 bits per heavy atom. The first kappa shape index (κ1) is 30.4. The number of ether oxygens (including phenoxy) is 6. The number of carbonyl (C=O) groups excluding carboxylic acids is 2. The van der Waals surface area contributed by atoms with Crippen LogP contribution in [0.25, 0.3) is 0 Å². The number of rotatable bonds is 9. The lowest BCUT2D eigenvalue weighted by Gasteiger charge is -2.36. The van der Waals surface area contributed by atoms with E-state index in [0.29, 0.717) is 70.1 Å². The van der Waals surface area contributed by atoms with Crippen molar-refractivity contribution in [2.24, 2.45) is 0 Å². The average molecular weight is 637 g/mol. The van der Waals surface area contributed by atoms with Gasteiger partial charge in [-0.05, 0) is 91.5 Å². The van der Waals surface area contributed by atoms with Gasteiger partial charge in [0.1, 0.15) is 12.0 Å². The average Bonchev–Trinajstić information content (AvgIpc) is 3.57. The lowest BCUT2D eigenvalue weighted by molar-refractivity contribution is 0.0780. The molecule has 3 aliphatic heterocycles. The minimum absolute atomic E-state index is 0.0430. The smallest absolute Gasteiger partial charge is 0.254 e. The van der Waals surface area contributed by atoms with Crippen LogP contribution in [0.2, 0.25) is 0 Å². The molecule has 1 atom stereocenters. The Hall–Kier alpha value is -5.22. The Kier molecular flexibility index (Phi) is 8.11. The van der Waals surface area contributed by atoms with Gasteiger partial charge in [-0.1, -0.05) is 12.1 Å². The van der Waals surface area contributed by atoms with Crippen molar-refractivity contribution in [3.8, 4) is 46.0 Å². The summed E-state index contributed by atoms with van der Waals surface area (Å²) in [5, 5.41) is 0. The van der Waals surface area contributed by atoms with Crippen LogP contribution in [0.4, 0.5) is 0 Å². The molecule has 0 unspecified atom stereocenters. The van der Waals surface area contributed by atoms with E-state index in [2.05, 4.69) is 18.0 Å². The zero-order valence-electron chi connectivity index (χ0n) is 26.8. The second-order valence-electron chi connectivity index (χ2n) is 12.0. The first-order valence-corrected chi connectivity index (χ1v) is 15.6. The van der Waals surface area contributed by atoms with Gasteiger partial charge in [0.15, 0.2) is 34.5 Å². The topological polar surface area (TPSA) is 96.0 Å².